The summed E-state index contributed by atoms with van der Waals surface area (Å²) in [5.74, 6) is -0.788. The zero-order valence-electron chi connectivity index (χ0n) is 8.41. The van der Waals surface area contributed by atoms with E-state index >= 15 is 0 Å². The zero-order chi connectivity index (χ0) is 12.0. The summed E-state index contributed by atoms with van der Waals surface area (Å²) in [7, 11) is 0. The molecular weight excluding hydrogens is 234 g/mol. The highest BCUT2D eigenvalue weighted by molar-refractivity contribution is 6.17. The highest BCUT2D eigenvalue weighted by Crippen LogP contribution is 2.08. The first-order valence-corrected chi connectivity index (χ1v) is 5.12. The molecule has 1 rings (SSSR count). The number of halogens is 1. The molecule has 6 heteroatoms. The van der Waals surface area contributed by atoms with Gasteiger partial charge in [0, 0.05) is 6.42 Å². The predicted octanol–water partition coefficient (Wildman–Crippen LogP) is 1.42. The molecule has 1 aromatic carbocycles. The lowest BCUT2D eigenvalue weighted by atomic mass is 10.1. The standard InChI is InChI=1S/C10H12ClNO4/c11-7-16-10(13)9(12(14)15)6-8-4-2-1-3-5-8/h1-5,9,14-15H,6-7H2/t9-/m0/s1. The third-order valence-electron chi connectivity index (χ3n) is 2.02. The minimum Gasteiger partial charge on any atom is -0.448 e. The number of nitrogens with zero attached hydrogens (tertiary/aromatic N) is 1. The highest BCUT2D eigenvalue weighted by Gasteiger charge is 2.25. The second-order valence-electron chi connectivity index (χ2n) is 3.10. The maximum absolute atomic E-state index is 11.3. The topological polar surface area (TPSA) is 70.0 Å². The van der Waals surface area contributed by atoms with Crippen molar-refractivity contribution in [3.8, 4) is 0 Å². The summed E-state index contributed by atoms with van der Waals surface area (Å²) in [4.78, 5) is 11.3. The van der Waals surface area contributed by atoms with E-state index in [9.17, 15) is 4.79 Å². The van der Waals surface area contributed by atoms with E-state index in [4.69, 9.17) is 22.0 Å². The first kappa shape index (κ1) is 12.9. The molecule has 0 saturated carbocycles. The molecule has 0 amide bonds. The molecule has 0 aliphatic carbocycles. The van der Waals surface area contributed by atoms with E-state index in [1.54, 1.807) is 24.3 Å². The number of hydroxylamine groups is 2. The van der Waals surface area contributed by atoms with Gasteiger partial charge < -0.3 is 4.74 Å². The monoisotopic (exact) mass is 245 g/mol. The van der Waals surface area contributed by atoms with E-state index in [-0.39, 0.29) is 17.7 Å². The summed E-state index contributed by atoms with van der Waals surface area (Å²) in [5, 5.41) is 17.7. The number of esters is 1. The fraction of sp³-hybridized carbons (Fsp3) is 0.300. The van der Waals surface area contributed by atoms with Crippen molar-refractivity contribution in [3.63, 3.8) is 0 Å². The summed E-state index contributed by atoms with van der Waals surface area (Å²) in [6, 6.07) is 7.44. The quantitative estimate of drug-likeness (QED) is 0.466. The smallest absolute Gasteiger partial charge is 0.329 e. The van der Waals surface area contributed by atoms with Gasteiger partial charge in [-0.15, -0.1) is 0 Å². The average Bonchev–Trinajstić information content (AvgIpc) is 2.27. The maximum atomic E-state index is 11.3. The fourth-order valence-corrected chi connectivity index (χ4v) is 1.35. The Bertz CT molecular complexity index is 331. The Kier molecular flexibility index (Phi) is 5.21. The van der Waals surface area contributed by atoms with Gasteiger partial charge >= 0.3 is 5.97 Å². The van der Waals surface area contributed by atoms with Gasteiger partial charge in [-0.2, -0.15) is 0 Å². The normalized spacial score (nSPS) is 12.5. The molecule has 0 aliphatic rings. The molecule has 5 nitrogen and oxygen atoms in total. The molecule has 0 bridgehead atoms. The largest absolute Gasteiger partial charge is 0.448 e. The second kappa shape index (κ2) is 6.44. The van der Waals surface area contributed by atoms with Gasteiger partial charge in [-0.05, 0) is 5.56 Å². The lowest BCUT2D eigenvalue weighted by Crippen LogP contribution is -2.39. The maximum Gasteiger partial charge on any atom is 0.329 e. The molecule has 16 heavy (non-hydrogen) atoms. The van der Waals surface area contributed by atoms with Crippen LogP contribution in [-0.4, -0.2) is 33.7 Å². The van der Waals surface area contributed by atoms with Crippen molar-refractivity contribution in [3.05, 3.63) is 35.9 Å². The number of hydrogen-bond donors (Lipinski definition) is 2. The Balaban J connectivity index is 2.69. The van der Waals surface area contributed by atoms with Crippen molar-refractivity contribution in [2.45, 2.75) is 12.5 Å². The zero-order valence-corrected chi connectivity index (χ0v) is 9.17. The third-order valence-corrected chi connectivity index (χ3v) is 2.13. The number of carbonyl (C=O) groups is 1. The van der Waals surface area contributed by atoms with Crippen molar-refractivity contribution in [2.75, 3.05) is 6.07 Å². The van der Waals surface area contributed by atoms with Crippen molar-refractivity contribution in [2.24, 2.45) is 0 Å². The highest BCUT2D eigenvalue weighted by atomic mass is 35.5. The summed E-state index contributed by atoms with van der Waals surface area (Å²) in [6.45, 7) is 0. The van der Waals surface area contributed by atoms with Crippen molar-refractivity contribution >= 4 is 17.6 Å². The van der Waals surface area contributed by atoms with E-state index in [0.717, 1.165) is 5.56 Å². The van der Waals surface area contributed by atoms with Crippen LogP contribution >= 0.6 is 11.6 Å². The fourth-order valence-electron chi connectivity index (χ4n) is 1.25. The molecule has 88 valence electrons. The van der Waals surface area contributed by atoms with Crippen molar-refractivity contribution < 1.29 is 19.9 Å². The van der Waals surface area contributed by atoms with E-state index in [1.165, 1.54) is 0 Å². The van der Waals surface area contributed by atoms with Crippen LogP contribution in [0.3, 0.4) is 0 Å². The first-order chi connectivity index (χ1) is 7.65. The van der Waals surface area contributed by atoms with Crippen LogP contribution in [-0.2, 0) is 16.0 Å². The summed E-state index contributed by atoms with van der Waals surface area (Å²) in [5.41, 5.74) is 0.784. The Labute approximate surface area is 97.7 Å². The molecule has 0 saturated heterocycles. The molecule has 0 radical (unpaired) electrons. The van der Waals surface area contributed by atoms with Crippen molar-refractivity contribution in [1.82, 2.24) is 5.23 Å². The van der Waals surface area contributed by atoms with Gasteiger partial charge in [0.05, 0.1) is 0 Å². The molecule has 0 unspecified atom stereocenters. The molecule has 1 atom stereocenters. The number of carbonyl (C=O) groups excluding carboxylic acids is 1. The van der Waals surface area contributed by atoms with Gasteiger partial charge in [-0.25, -0.2) is 0 Å². The van der Waals surface area contributed by atoms with E-state index in [2.05, 4.69) is 4.74 Å². The lowest BCUT2D eigenvalue weighted by molar-refractivity contribution is -0.327. The minimum atomic E-state index is -1.18. The van der Waals surface area contributed by atoms with Crippen molar-refractivity contribution in [1.29, 1.82) is 0 Å². The molecule has 2 N–H and O–H groups in total. The van der Waals surface area contributed by atoms with Gasteiger partial charge in [0.1, 0.15) is 0 Å². The molecule has 0 fully saturated rings. The average molecular weight is 246 g/mol. The van der Waals surface area contributed by atoms with Crippen LogP contribution in [0.1, 0.15) is 5.56 Å². The minimum absolute atomic E-state index is 0.129. The van der Waals surface area contributed by atoms with Gasteiger partial charge in [0.25, 0.3) is 0 Å². The molecule has 1 aromatic rings. The van der Waals surface area contributed by atoms with Crippen LogP contribution in [0.25, 0.3) is 0 Å². The van der Waals surface area contributed by atoms with Gasteiger partial charge in [0.2, 0.25) is 0 Å². The van der Waals surface area contributed by atoms with Crippen LogP contribution in [0, 0.1) is 0 Å². The van der Waals surface area contributed by atoms with Crippen LogP contribution in [0.4, 0.5) is 0 Å². The first-order valence-electron chi connectivity index (χ1n) is 4.58. The van der Waals surface area contributed by atoms with Crippen LogP contribution in [0.15, 0.2) is 30.3 Å². The third kappa shape index (κ3) is 3.79. The molecule has 0 spiro atoms. The number of benzene rings is 1. The molecular formula is C10H12ClNO4. The van der Waals surface area contributed by atoms with Crippen LogP contribution in [0.2, 0.25) is 0 Å². The molecule has 0 heterocycles. The summed E-state index contributed by atoms with van der Waals surface area (Å²) >= 11 is 5.22. The Morgan fingerprint density at radius 3 is 2.50 bits per heavy atom. The number of rotatable bonds is 5. The lowest BCUT2D eigenvalue weighted by Gasteiger charge is -2.18. The predicted molar refractivity (Wildman–Crippen MR) is 56.2 cm³/mol. The number of alkyl halides is 1. The van der Waals surface area contributed by atoms with Crippen LogP contribution in [0.5, 0.6) is 0 Å². The molecule has 0 aromatic heterocycles. The molecule has 0 aliphatic heterocycles. The van der Waals surface area contributed by atoms with Gasteiger partial charge in [0.15, 0.2) is 12.1 Å². The number of ether oxygens (including phenoxy) is 1. The summed E-state index contributed by atoms with van der Waals surface area (Å²) < 4.78 is 4.50. The van der Waals surface area contributed by atoms with E-state index in [0.29, 0.717) is 0 Å². The number of hydrogen-bond acceptors (Lipinski definition) is 5. The van der Waals surface area contributed by atoms with Gasteiger partial charge in [-0.3, -0.25) is 15.2 Å². The van der Waals surface area contributed by atoms with Gasteiger partial charge in [-0.1, -0.05) is 47.2 Å². The Hall–Kier alpha value is -1.14. The Morgan fingerprint density at radius 2 is 2.00 bits per heavy atom. The summed E-state index contributed by atoms with van der Waals surface area (Å²) in [6.07, 6.45) is 0.129. The second-order valence-corrected chi connectivity index (χ2v) is 3.32. The SMILES string of the molecule is O=C(OCCl)[C@H](Cc1ccccc1)N(O)O. The van der Waals surface area contributed by atoms with Crippen LogP contribution < -0.4 is 0 Å². The Morgan fingerprint density at radius 1 is 1.38 bits per heavy atom. The van der Waals surface area contributed by atoms with E-state index < -0.39 is 12.0 Å². The van der Waals surface area contributed by atoms with E-state index in [1.807, 2.05) is 6.07 Å².